The second-order valence-electron chi connectivity index (χ2n) is 3.81. The van der Waals surface area contributed by atoms with Gasteiger partial charge in [0.2, 0.25) is 5.92 Å². The largest absolute Gasteiger partial charge is 0.327 e. The molecule has 1 rings (SSSR count). The van der Waals surface area contributed by atoms with E-state index in [2.05, 4.69) is 0 Å². The van der Waals surface area contributed by atoms with Crippen molar-refractivity contribution >= 4 is 0 Å². The van der Waals surface area contributed by atoms with Crippen molar-refractivity contribution in [2.45, 2.75) is 51.0 Å². The van der Waals surface area contributed by atoms with Crippen LogP contribution in [0.25, 0.3) is 0 Å². The standard InChI is InChI=1S/C9H17F2N/c1-2-3-8(12)7-4-5-9(10,11)6-7/h7-8H,2-6,12H2,1H3/t7?,8-/m1/s1. The minimum Gasteiger partial charge on any atom is -0.327 e. The van der Waals surface area contributed by atoms with E-state index < -0.39 is 5.92 Å². The maximum atomic E-state index is 12.7. The van der Waals surface area contributed by atoms with Gasteiger partial charge in [-0.05, 0) is 18.8 Å². The quantitative estimate of drug-likeness (QED) is 0.704. The molecule has 0 aliphatic heterocycles. The van der Waals surface area contributed by atoms with Gasteiger partial charge in [-0.1, -0.05) is 13.3 Å². The minimum absolute atomic E-state index is 0.00810. The molecule has 1 aliphatic rings. The Morgan fingerprint density at radius 3 is 2.67 bits per heavy atom. The molecular weight excluding hydrogens is 160 g/mol. The summed E-state index contributed by atoms with van der Waals surface area (Å²) in [6.07, 6.45) is 2.52. The summed E-state index contributed by atoms with van der Waals surface area (Å²) < 4.78 is 25.5. The molecule has 0 saturated heterocycles. The van der Waals surface area contributed by atoms with Crippen molar-refractivity contribution in [1.82, 2.24) is 0 Å². The Hall–Kier alpha value is -0.180. The van der Waals surface area contributed by atoms with Crippen LogP contribution in [-0.4, -0.2) is 12.0 Å². The van der Waals surface area contributed by atoms with Crippen LogP contribution in [0.4, 0.5) is 8.78 Å². The van der Waals surface area contributed by atoms with Gasteiger partial charge in [-0.2, -0.15) is 0 Å². The van der Waals surface area contributed by atoms with Crippen molar-refractivity contribution in [3.63, 3.8) is 0 Å². The van der Waals surface area contributed by atoms with Crippen LogP contribution in [0.3, 0.4) is 0 Å². The smallest absolute Gasteiger partial charge is 0.248 e. The highest BCUT2D eigenvalue weighted by molar-refractivity contribution is 4.86. The fourth-order valence-electron chi connectivity index (χ4n) is 1.92. The van der Waals surface area contributed by atoms with Crippen LogP contribution in [-0.2, 0) is 0 Å². The summed E-state index contributed by atoms with van der Waals surface area (Å²) in [4.78, 5) is 0. The lowest BCUT2D eigenvalue weighted by Gasteiger charge is -2.17. The highest BCUT2D eigenvalue weighted by Gasteiger charge is 2.41. The molecule has 0 amide bonds. The van der Waals surface area contributed by atoms with E-state index in [1.807, 2.05) is 6.92 Å². The second-order valence-corrected chi connectivity index (χ2v) is 3.81. The Bertz CT molecular complexity index is 147. The first-order chi connectivity index (χ1) is 5.55. The fraction of sp³-hybridized carbons (Fsp3) is 1.00. The zero-order chi connectivity index (χ0) is 9.19. The van der Waals surface area contributed by atoms with E-state index >= 15 is 0 Å². The van der Waals surface area contributed by atoms with Crippen LogP contribution in [0.15, 0.2) is 0 Å². The van der Waals surface area contributed by atoms with Crippen LogP contribution >= 0.6 is 0 Å². The third-order valence-electron chi connectivity index (χ3n) is 2.67. The minimum atomic E-state index is -2.43. The van der Waals surface area contributed by atoms with Crippen LogP contribution in [0.1, 0.15) is 39.0 Å². The molecule has 0 aromatic carbocycles. The highest BCUT2D eigenvalue weighted by Crippen LogP contribution is 2.40. The van der Waals surface area contributed by atoms with Gasteiger partial charge < -0.3 is 5.73 Å². The maximum Gasteiger partial charge on any atom is 0.248 e. The lowest BCUT2D eigenvalue weighted by molar-refractivity contribution is 0.00380. The highest BCUT2D eigenvalue weighted by atomic mass is 19.3. The second kappa shape index (κ2) is 3.69. The van der Waals surface area contributed by atoms with Gasteiger partial charge >= 0.3 is 0 Å². The molecule has 0 aromatic rings. The topological polar surface area (TPSA) is 26.0 Å². The number of hydrogen-bond donors (Lipinski definition) is 1. The molecule has 0 heterocycles. The zero-order valence-corrected chi connectivity index (χ0v) is 7.52. The molecule has 0 bridgehead atoms. The van der Waals surface area contributed by atoms with Gasteiger partial charge in [-0.25, -0.2) is 8.78 Å². The summed E-state index contributed by atoms with van der Waals surface area (Å²) in [6, 6.07) is -0.0108. The van der Waals surface area contributed by atoms with Crippen molar-refractivity contribution in [2.75, 3.05) is 0 Å². The first-order valence-corrected chi connectivity index (χ1v) is 4.68. The SMILES string of the molecule is CCC[C@@H](N)C1CCC(F)(F)C1. The molecule has 2 atom stereocenters. The average Bonchev–Trinajstić information content (AvgIpc) is 2.31. The molecule has 72 valence electrons. The molecule has 1 saturated carbocycles. The predicted octanol–water partition coefficient (Wildman–Crippen LogP) is 2.55. The van der Waals surface area contributed by atoms with Gasteiger partial charge in [0, 0.05) is 18.9 Å². The maximum absolute atomic E-state index is 12.7. The molecule has 0 radical (unpaired) electrons. The Kier molecular flexibility index (Phi) is 3.04. The van der Waals surface area contributed by atoms with E-state index in [1.54, 1.807) is 0 Å². The van der Waals surface area contributed by atoms with Gasteiger partial charge in [0.25, 0.3) is 0 Å². The van der Waals surface area contributed by atoms with E-state index in [0.717, 1.165) is 12.8 Å². The van der Waals surface area contributed by atoms with E-state index in [-0.39, 0.29) is 24.8 Å². The monoisotopic (exact) mass is 177 g/mol. The number of halogens is 2. The van der Waals surface area contributed by atoms with Gasteiger partial charge in [-0.15, -0.1) is 0 Å². The van der Waals surface area contributed by atoms with Crippen LogP contribution in [0.5, 0.6) is 0 Å². The fourth-order valence-corrected chi connectivity index (χ4v) is 1.92. The summed E-state index contributed by atoms with van der Waals surface area (Å²) in [5.41, 5.74) is 5.78. The molecule has 0 aromatic heterocycles. The van der Waals surface area contributed by atoms with E-state index in [9.17, 15) is 8.78 Å². The molecule has 1 unspecified atom stereocenters. The zero-order valence-electron chi connectivity index (χ0n) is 7.52. The number of alkyl halides is 2. The molecule has 1 nitrogen and oxygen atoms in total. The van der Waals surface area contributed by atoms with Crippen molar-refractivity contribution in [3.8, 4) is 0 Å². The predicted molar refractivity (Wildman–Crippen MR) is 45.2 cm³/mol. The summed E-state index contributed by atoms with van der Waals surface area (Å²) >= 11 is 0. The summed E-state index contributed by atoms with van der Waals surface area (Å²) in [7, 11) is 0. The third-order valence-corrected chi connectivity index (χ3v) is 2.67. The van der Waals surface area contributed by atoms with Crippen molar-refractivity contribution in [3.05, 3.63) is 0 Å². The van der Waals surface area contributed by atoms with Gasteiger partial charge in [-0.3, -0.25) is 0 Å². The molecule has 3 heteroatoms. The van der Waals surface area contributed by atoms with Crippen molar-refractivity contribution in [1.29, 1.82) is 0 Å². The Morgan fingerprint density at radius 2 is 2.25 bits per heavy atom. The van der Waals surface area contributed by atoms with Crippen molar-refractivity contribution in [2.24, 2.45) is 11.7 Å². The number of hydrogen-bond acceptors (Lipinski definition) is 1. The van der Waals surface area contributed by atoms with E-state index in [0.29, 0.717) is 6.42 Å². The average molecular weight is 177 g/mol. The Labute approximate surface area is 72.3 Å². The molecule has 1 aliphatic carbocycles. The van der Waals surface area contributed by atoms with Gasteiger partial charge in [0.1, 0.15) is 0 Å². The Balaban J connectivity index is 2.36. The van der Waals surface area contributed by atoms with Gasteiger partial charge in [0.15, 0.2) is 0 Å². The summed E-state index contributed by atoms with van der Waals surface area (Å²) in [6.45, 7) is 2.03. The number of nitrogens with two attached hydrogens (primary N) is 1. The molecule has 12 heavy (non-hydrogen) atoms. The van der Waals surface area contributed by atoms with E-state index in [4.69, 9.17) is 5.73 Å². The lowest BCUT2D eigenvalue weighted by Crippen LogP contribution is -2.29. The van der Waals surface area contributed by atoms with Crippen LogP contribution < -0.4 is 5.73 Å². The number of rotatable bonds is 3. The first-order valence-electron chi connectivity index (χ1n) is 4.68. The molecule has 0 spiro atoms. The van der Waals surface area contributed by atoms with Crippen molar-refractivity contribution < 1.29 is 8.78 Å². The normalized spacial score (nSPS) is 30.5. The lowest BCUT2D eigenvalue weighted by atomic mass is 9.95. The van der Waals surface area contributed by atoms with Gasteiger partial charge in [0.05, 0.1) is 0 Å². The third kappa shape index (κ3) is 2.41. The summed E-state index contributed by atoms with van der Waals surface area (Å²) in [5.74, 6) is -2.38. The molecular formula is C9H17F2N. The first kappa shape index (κ1) is 9.90. The Morgan fingerprint density at radius 1 is 1.58 bits per heavy atom. The molecule has 1 fully saturated rings. The van der Waals surface area contributed by atoms with Crippen LogP contribution in [0.2, 0.25) is 0 Å². The molecule has 2 N–H and O–H groups in total. The summed E-state index contributed by atoms with van der Waals surface area (Å²) in [5, 5.41) is 0. The van der Waals surface area contributed by atoms with Crippen LogP contribution in [0, 0.1) is 5.92 Å². The van der Waals surface area contributed by atoms with E-state index in [1.165, 1.54) is 0 Å².